The second kappa shape index (κ2) is 6.60. The van der Waals surface area contributed by atoms with Gasteiger partial charge in [-0.15, -0.1) is 0 Å². The Hall–Kier alpha value is -2.81. The van der Waals surface area contributed by atoms with Crippen LogP contribution in [0.4, 0.5) is 11.4 Å². The van der Waals surface area contributed by atoms with Gasteiger partial charge in [0.25, 0.3) is 15.7 Å². The first-order chi connectivity index (χ1) is 11.9. The average Bonchev–Trinajstić information content (AvgIpc) is 2.62. The predicted molar refractivity (Wildman–Crippen MR) is 90.7 cm³/mol. The second-order valence-corrected chi connectivity index (χ2v) is 7.11. The Labute approximate surface area is 144 Å². The molecule has 0 aliphatic carbocycles. The van der Waals surface area contributed by atoms with E-state index in [1.54, 1.807) is 25.1 Å². The van der Waals surface area contributed by atoms with Crippen LogP contribution in [0.2, 0.25) is 0 Å². The summed E-state index contributed by atoms with van der Waals surface area (Å²) in [5, 5.41) is 10.7. The summed E-state index contributed by atoms with van der Waals surface area (Å²) in [5.74, 6) is 1.06. The maximum atomic E-state index is 12.9. The molecule has 3 rings (SSSR count). The number of hydrogen-bond donors (Lipinski definition) is 0. The Bertz CT molecular complexity index is 895. The summed E-state index contributed by atoms with van der Waals surface area (Å²) in [7, 11) is -3.86. The van der Waals surface area contributed by atoms with Crippen molar-refractivity contribution in [2.24, 2.45) is 0 Å². The molecule has 132 valence electrons. The Morgan fingerprint density at radius 2 is 1.72 bits per heavy atom. The predicted octanol–water partition coefficient (Wildman–Crippen LogP) is 2.58. The molecule has 1 aliphatic rings. The molecular formula is C16H16N2O6S. The summed E-state index contributed by atoms with van der Waals surface area (Å²) in [6.07, 6.45) is 0. The number of nitro groups is 1. The van der Waals surface area contributed by atoms with Crippen LogP contribution in [0.3, 0.4) is 0 Å². The topological polar surface area (TPSA) is 99.0 Å². The molecule has 0 saturated carbocycles. The quantitative estimate of drug-likeness (QED) is 0.597. The number of sulfonamides is 1. The smallest absolute Gasteiger partial charge is 0.269 e. The normalized spacial score (nSPS) is 13.3. The molecule has 2 aromatic carbocycles. The van der Waals surface area contributed by atoms with Gasteiger partial charge in [-0.1, -0.05) is 0 Å². The van der Waals surface area contributed by atoms with Gasteiger partial charge in [0.05, 0.1) is 15.5 Å². The van der Waals surface area contributed by atoms with Crippen LogP contribution in [-0.4, -0.2) is 33.1 Å². The third kappa shape index (κ3) is 3.22. The van der Waals surface area contributed by atoms with Crippen molar-refractivity contribution >= 4 is 21.4 Å². The zero-order valence-corrected chi connectivity index (χ0v) is 14.2. The van der Waals surface area contributed by atoms with Crippen LogP contribution in [-0.2, 0) is 10.0 Å². The number of nitrogens with zero attached hydrogens (tertiary/aromatic N) is 2. The SMILES string of the molecule is CCN(c1ccc2c(c1)OCCO2)S(=O)(=O)c1ccc([N+](=O)[O-])cc1. The molecule has 0 bridgehead atoms. The number of ether oxygens (including phenoxy) is 2. The van der Waals surface area contributed by atoms with E-state index in [2.05, 4.69) is 0 Å². The van der Waals surface area contributed by atoms with E-state index >= 15 is 0 Å². The minimum Gasteiger partial charge on any atom is -0.486 e. The summed E-state index contributed by atoms with van der Waals surface area (Å²) < 4.78 is 37.9. The maximum absolute atomic E-state index is 12.9. The summed E-state index contributed by atoms with van der Waals surface area (Å²) >= 11 is 0. The standard InChI is InChI=1S/C16H16N2O6S/c1-2-17(13-5-8-15-16(11-13)24-10-9-23-15)25(21,22)14-6-3-12(4-7-14)18(19)20/h3-8,11H,2,9-10H2,1H3. The van der Waals surface area contributed by atoms with E-state index < -0.39 is 14.9 Å². The highest BCUT2D eigenvalue weighted by Gasteiger charge is 2.25. The molecule has 1 aliphatic heterocycles. The third-order valence-corrected chi connectivity index (χ3v) is 5.65. The highest BCUT2D eigenvalue weighted by Crippen LogP contribution is 2.35. The molecule has 0 radical (unpaired) electrons. The van der Waals surface area contributed by atoms with E-state index in [1.165, 1.54) is 28.6 Å². The van der Waals surface area contributed by atoms with Crippen molar-refractivity contribution in [1.82, 2.24) is 0 Å². The van der Waals surface area contributed by atoms with E-state index in [0.717, 1.165) is 0 Å². The highest BCUT2D eigenvalue weighted by atomic mass is 32.2. The van der Waals surface area contributed by atoms with Crippen molar-refractivity contribution in [2.45, 2.75) is 11.8 Å². The fourth-order valence-electron chi connectivity index (χ4n) is 2.55. The third-order valence-electron chi connectivity index (χ3n) is 3.74. The van der Waals surface area contributed by atoms with Gasteiger partial charge in [-0.3, -0.25) is 14.4 Å². The lowest BCUT2D eigenvalue weighted by molar-refractivity contribution is -0.384. The lowest BCUT2D eigenvalue weighted by Crippen LogP contribution is -2.31. The molecule has 1 heterocycles. The summed E-state index contributed by atoms with van der Waals surface area (Å²) in [6, 6.07) is 9.72. The van der Waals surface area contributed by atoms with Crippen LogP contribution in [0.25, 0.3) is 0 Å². The van der Waals surface area contributed by atoms with Gasteiger partial charge >= 0.3 is 0 Å². The van der Waals surface area contributed by atoms with Crippen molar-refractivity contribution in [2.75, 3.05) is 24.1 Å². The molecule has 25 heavy (non-hydrogen) atoms. The maximum Gasteiger partial charge on any atom is 0.269 e. The van der Waals surface area contributed by atoms with Crippen LogP contribution in [0.5, 0.6) is 11.5 Å². The zero-order chi connectivity index (χ0) is 18.0. The van der Waals surface area contributed by atoms with E-state index in [-0.39, 0.29) is 17.1 Å². The first-order valence-electron chi connectivity index (χ1n) is 7.60. The number of fused-ring (bicyclic) bond motifs is 1. The van der Waals surface area contributed by atoms with Crippen LogP contribution >= 0.6 is 0 Å². The second-order valence-electron chi connectivity index (χ2n) is 5.25. The molecular weight excluding hydrogens is 348 g/mol. The molecule has 0 fully saturated rings. The van der Waals surface area contributed by atoms with Crippen molar-refractivity contribution in [3.05, 3.63) is 52.6 Å². The Balaban J connectivity index is 1.97. The van der Waals surface area contributed by atoms with Crippen molar-refractivity contribution in [3.63, 3.8) is 0 Å². The minimum atomic E-state index is -3.86. The van der Waals surface area contributed by atoms with Crippen LogP contribution in [0, 0.1) is 10.1 Å². The molecule has 0 aromatic heterocycles. The van der Waals surface area contributed by atoms with Crippen molar-refractivity contribution in [3.8, 4) is 11.5 Å². The molecule has 0 spiro atoms. The summed E-state index contributed by atoms with van der Waals surface area (Å²) in [5.41, 5.74) is 0.270. The summed E-state index contributed by atoms with van der Waals surface area (Å²) in [6.45, 7) is 2.75. The van der Waals surface area contributed by atoms with Gasteiger partial charge in [-0.2, -0.15) is 0 Å². The Morgan fingerprint density at radius 1 is 1.08 bits per heavy atom. The van der Waals surface area contributed by atoms with E-state index in [1.807, 2.05) is 0 Å². The molecule has 8 nitrogen and oxygen atoms in total. The lowest BCUT2D eigenvalue weighted by atomic mass is 10.2. The molecule has 0 saturated heterocycles. The molecule has 2 aromatic rings. The Morgan fingerprint density at radius 3 is 2.32 bits per heavy atom. The van der Waals surface area contributed by atoms with Crippen LogP contribution < -0.4 is 13.8 Å². The zero-order valence-electron chi connectivity index (χ0n) is 13.4. The number of non-ortho nitro benzene ring substituents is 1. The fourth-order valence-corrected chi connectivity index (χ4v) is 4.01. The van der Waals surface area contributed by atoms with Gasteiger partial charge in [0.1, 0.15) is 13.2 Å². The first kappa shape index (κ1) is 17.0. The van der Waals surface area contributed by atoms with Crippen molar-refractivity contribution < 1.29 is 22.8 Å². The lowest BCUT2D eigenvalue weighted by Gasteiger charge is -2.25. The number of anilines is 1. The monoisotopic (exact) mass is 364 g/mol. The highest BCUT2D eigenvalue weighted by molar-refractivity contribution is 7.92. The van der Waals surface area contributed by atoms with Gasteiger partial charge in [0.2, 0.25) is 0 Å². The van der Waals surface area contributed by atoms with Crippen LogP contribution in [0.1, 0.15) is 6.92 Å². The van der Waals surface area contributed by atoms with E-state index in [0.29, 0.717) is 30.4 Å². The van der Waals surface area contributed by atoms with Crippen molar-refractivity contribution in [1.29, 1.82) is 0 Å². The number of hydrogen-bond acceptors (Lipinski definition) is 6. The average molecular weight is 364 g/mol. The van der Waals surface area contributed by atoms with Gasteiger partial charge < -0.3 is 9.47 Å². The first-order valence-corrected chi connectivity index (χ1v) is 9.04. The number of rotatable bonds is 5. The van der Waals surface area contributed by atoms with Crippen LogP contribution in [0.15, 0.2) is 47.4 Å². The molecule has 0 unspecified atom stereocenters. The minimum absolute atomic E-state index is 0.0187. The van der Waals surface area contributed by atoms with Gasteiger partial charge in [0, 0.05) is 24.7 Å². The van der Waals surface area contributed by atoms with E-state index in [9.17, 15) is 18.5 Å². The molecule has 0 amide bonds. The molecule has 0 atom stereocenters. The molecule has 9 heteroatoms. The Kier molecular flexibility index (Phi) is 4.49. The largest absolute Gasteiger partial charge is 0.486 e. The molecule has 0 N–H and O–H groups in total. The van der Waals surface area contributed by atoms with E-state index in [4.69, 9.17) is 9.47 Å². The van der Waals surface area contributed by atoms with Gasteiger partial charge in [-0.05, 0) is 31.2 Å². The summed E-state index contributed by atoms with van der Waals surface area (Å²) in [4.78, 5) is 10.1. The fraction of sp³-hybridized carbons (Fsp3) is 0.250. The van der Waals surface area contributed by atoms with Gasteiger partial charge in [0.15, 0.2) is 11.5 Å². The number of nitro benzene ring substituents is 1. The van der Waals surface area contributed by atoms with Gasteiger partial charge in [-0.25, -0.2) is 8.42 Å². The number of benzene rings is 2.